The van der Waals surface area contributed by atoms with Gasteiger partial charge >= 0.3 is 0 Å². The van der Waals surface area contributed by atoms with Crippen LogP contribution in [0.3, 0.4) is 0 Å². The minimum atomic E-state index is -0.0812. The van der Waals surface area contributed by atoms with Crippen LogP contribution in [-0.2, 0) is 0 Å². The van der Waals surface area contributed by atoms with Crippen LogP contribution in [0, 0.1) is 0 Å². The Morgan fingerprint density at radius 2 is 2.25 bits per heavy atom. The van der Waals surface area contributed by atoms with E-state index in [1.807, 2.05) is 6.92 Å². The van der Waals surface area contributed by atoms with Crippen molar-refractivity contribution in [3.63, 3.8) is 0 Å². The Kier molecular flexibility index (Phi) is 4.85. The summed E-state index contributed by atoms with van der Waals surface area (Å²) in [6.45, 7) is 4.63. The average Bonchev–Trinajstić information content (AvgIpc) is 3.02. The lowest BCUT2D eigenvalue weighted by Gasteiger charge is -2.38. The van der Waals surface area contributed by atoms with Gasteiger partial charge in [0.15, 0.2) is 5.84 Å². The van der Waals surface area contributed by atoms with Crippen LogP contribution in [-0.4, -0.2) is 68.6 Å². The first-order valence-electron chi connectivity index (χ1n) is 6.45. The Hall–Kier alpha value is -1.74. The summed E-state index contributed by atoms with van der Waals surface area (Å²) in [4.78, 5) is 16.6. The lowest BCUT2D eigenvalue weighted by Crippen LogP contribution is -2.55. The van der Waals surface area contributed by atoms with Crippen LogP contribution in [0.4, 0.5) is 0 Å². The van der Waals surface area contributed by atoms with Gasteiger partial charge in [0.05, 0.1) is 12.2 Å². The molecule has 0 saturated carbocycles. The monoisotopic (exact) mass is 298 g/mol. The molecule has 1 aliphatic heterocycles. The molecule has 2 heterocycles. The first-order valence-corrected chi connectivity index (χ1v) is 7.22. The highest BCUT2D eigenvalue weighted by molar-refractivity contribution is 7.07. The van der Waals surface area contributed by atoms with Crippen molar-refractivity contribution in [2.24, 2.45) is 10.9 Å². The molecule has 2 rings (SSSR count). The highest BCUT2D eigenvalue weighted by Crippen LogP contribution is 2.13. The minimum Gasteiger partial charge on any atom is -0.409 e. The van der Waals surface area contributed by atoms with Gasteiger partial charge in [-0.3, -0.25) is 9.69 Å². The number of nitrogens with zero attached hydrogens (tertiary/aromatic N) is 5. The van der Waals surface area contributed by atoms with Crippen molar-refractivity contribution in [1.29, 1.82) is 0 Å². The summed E-state index contributed by atoms with van der Waals surface area (Å²) < 4.78 is 3.70. The molecule has 8 nitrogen and oxygen atoms in total. The van der Waals surface area contributed by atoms with Crippen LogP contribution >= 0.6 is 11.5 Å². The molecule has 9 heteroatoms. The number of amidine groups is 1. The summed E-state index contributed by atoms with van der Waals surface area (Å²) in [6, 6.07) is -0.0812. The number of amides is 1. The van der Waals surface area contributed by atoms with E-state index in [0.29, 0.717) is 31.1 Å². The maximum absolute atomic E-state index is 12.1. The molecule has 1 aromatic rings. The molecule has 0 aromatic carbocycles. The molecule has 1 aromatic heterocycles. The van der Waals surface area contributed by atoms with Gasteiger partial charge in [-0.05, 0) is 18.0 Å². The van der Waals surface area contributed by atoms with E-state index in [0.717, 1.165) is 18.0 Å². The molecule has 1 saturated heterocycles. The Morgan fingerprint density at radius 1 is 1.55 bits per heavy atom. The highest BCUT2D eigenvalue weighted by Gasteiger charge is 2.28. The summed E-state index contributed by atoms with van der Waals surface area (Å²) >= 11 is 1.11. The molecule has 0 bridgehead atoms. The fourth-order valence-corrected chi connectivity index (χ4v) is 2.86. The summed E-state index contributed by atoms with van der Waals surface area (Å²) in [5.74, 6) is 0.190. The maximum atomic E-state index is 12.1. The zero-order valence-electron chi connectivity index (χ0n) is 11.3. The number of hydrogen-bond donors (Lipinski definition) is 2. The van der Waals surface area contributed by atoms with E-state index in [1.165, 1.54) is 6.20 Å². The predicted octanol–water partition coefficient (Wildman–Crippen LogP) is -0.179. The largest absolute Gasteiger partial charge is 0.409 e. The Morgan fingerprint density at radius 3 is 2.75 bits per heavy atom. The van der Waals surface area contributed by atoms with Gasteiger partial charge in [-0.2, -0.15) is 0 Å². The molecule has 110 valence electrons. The van der Waals surface area contributed by atoms with Crippen LogP contribution in [0.25, 0.3) is 0 Å². The zero-order chi connectivity index (χ0) is 14.5. The molecular weight excluding hydrogens is 280 g/mol. The van der Waals surface area contributed by atoms with Crippen LogP contribution in [0.15, 0.2) is 11.4 Å². The third kappa shape index (κ3) is 3.05. The molecule has 3 N–H and O–H groups in total. The van der Waals surface area contributed by atoms with Gasteiger partial charge in [0.2, 0.25) is 0 Å². The van der Waals surface area contributed by atoms with Gasteiger partial charge in [0.25, 0.3) is 5.91 Å². The second-order valence-corrected chi connectivity index (χ2v) is 5.34. The molecule has 0 aliphatic carbocycles. The molecule has 0 spiro atoms. The van der Waals surface area contributed by atoms with E-state index >= 15 is 0 Å². The fourth-order valence-electron chi connectivity index (χ4n) is 2.37. The number of aromatic nitrogens is 2. The van der Waals surface area contributed by atoms with Crippen molar-refractivity contribution in [3.8, 4) is 0 Å². The number of oxime groups is 1. The van der Waals surface area contributed by atoms with Crippen molar-refractivity contribution < 1.29 is 10.0 Å². The molecule has 1 aliphatic rings. The standard InChI is InChI=1S/C11H18N6O2S/c1-2-8(10(12)14-19)16-3-5-17(6-4-16)11(18)9-7-13-15-20-9/h7-8,19H,2-6H2,1H3,(H2,12,14). The van der Waals surface area contributed by atoms with Gasteiger partial charge in [-0.25, -0.2) is 0 Å². The Bertz CT molecular complexity index is 469. The summed E-state index contributed by atoms with van der Waals surface area (Å²) in [5.41, 5.74) is 5.69. The van der Waals surface area contributed by atoms with E-state index in [4.69, 9.17) is 10.9 Å². The second kappa shape index (κ2) is 6.62. The van der Waals surface area contributed by atoms with Crippen LogP contribution in [0.2, 0.25) is 0 Å². The van der Waals surface area contributed by atoms with E-state index in [1.54, 1.807) is 4.90 Å². The van der Waals surface area contributed by atoms with Crippen molar-refractivity contribution in [3.05, 3.63) is 11.1 Å². The first kappa shape index (κ1) is 14.7. The third-order valence-corrected chi connectivity index (χ3v) is 4.11. The van der Waals surface area contributed by atoms with E-state index in [9.17, 15) is 4.79 Å². The lowest BCUT2D eigenvalue weighted by molar-refractivity contribution is 0.0613. The number of piperazine rings is 1. The zero-order valence-corrected chi connectivity index (χ0v) is 12.1. The maximum Gasteiger partial charge on any atom is 0.267 e. The van der Waals surface area contributed by atoms with Crippen molar-refractivity contribution in [2.45, 2.75) is 19.4 Å². The van der Waals surface area contributed by atoms with Crippen LogP contribution in [0.5, 0.6) is 0 Å². The van der Waals surface area contributed by atoms with Gasteiger partial charge in [0, 0.05) is 26.2 Å². The molecular formula is C11H18N6O2S. The van der Waals surface area contributed by atoms with Gasteiger partial charge in [0.1, 0.15) is 4.88 Å². The molecule has 0 radical (unpaired) electrons. The fraction of sp³-hybridized carbons (Fsp3) is 0.636. The molecule has 1 amide bonds. The van der Waals surface area contributed by atoms with Gasteiger partial charge in [-0.1, -0.05) is 16.6 Å². The van der Waals surface area contributed by atoms with E-state index in [2.05, 4.69) is 19.6 Å². The van der Waals surface area contributed by atoms with Crippen LogP contribution in [0.1, 0.15) is 23.0 Å². The van der Waals surface area contributed by atoms with Gasteiger partial charge < -0.3 is 15.8 Å². The summed E-state index contributed by atoms with van der Waals surface area (Å²) in [6.07, 6.45) is 2.26. The number of carbonyl (C=O) groups excluding carboxylic acids is 1. The van der Waals surface area contributed by atoms with Crippen molar-refractivity contribution in [1.82, 2.24) is 19.4 Å². The molecule has 20 heavy (non-hydrogen) atoms. The molecule has 1 fully saturated rings. The number of rotatable bonds is 4. The van der Waals surface area contributed by atoms with Crippen LogP contribution < -0.4 is 5.73 Å². The molecule has 1 atom stereocenters. The van der Waals surface area contributed by atoms with Gasteiger partial charge in [-0.15, -0.1) is 5.10 Å². The SMILES string of the molecule is CCC(C(N)=NO)N1CCN(C(=O)c2cnns2)CC1. The van der Waals surface area contributed by atoms with Crippen molar-refractivity contribution >= 4 is 23.3 Å². The third-order valence-electron chi connectivity index (χ3n) is 3.46. The van der Waals surface area contributed by atoms with E-state index in [-0.39, 0.29) is 17.8 Å². The normalized spacial score (nSPS) is 19.1. The second-order valence-electron chi connectivity index (χ2n) is 4.56. The molecule has 1 unspecified atom stereocenters. The lowest BCUT2D eigenvalue weighted by atomic mass is 10.1. The summed E-state index contributed by atoms with van der Waals surface area (Å²) in [7, 11) is 0. The quantitative estimate of drug-likeness (QED) is 0.345. The number of carbonyl (C=O) groups is 1. The van der Waals surface area contributed by atoms with Crippen molar-refractivity contribution in [2.75, 3.05) is 26.2 Å². The Labute approximate surface area is 121 Å². The topological polar surface area (TPSA) is 108 Å². The minimum absolute atomic E-state index is 0.0310. The number of nitrogens with two attached hydrogens (primary N) is 1. The number of hydrogen-bond acceptors (Lipinski definition) is 7. The van der Waals surface area contributed by atoms with E-state index < -0.39 is 0 Å². The predicted molar refractivity (Wildman–Crippen MR) is 74.9 cm³/mol. The highest BCUT2D eigenvalue weighted by atomic mass is 32.1. The smallest absolute Gasteiger partial charge is 0.267 e. The first-order chi connectivity index (χ1) is 9.67. The Balaban J connectivity index is 1.94. The summed E-state index contributed by atoms with van der Waals surface area (Å²) in [5, 5.41) is 15.6. The average molecular weight is 298 g/mol.